The molecule has 1 aromatic carbocycles. The number of aliphatic hydroxyl groups excluding tert-OH is 1. The van der Waals surface area contributed by atoms with Crippen molar-refractivity contribution in [3.63, 3.8) is 0 Å². The van der Waals surface area contributed by atoms with Gasteiger partial charge in [0, 0.05) is 19.0 Å². The molecule has 2 N–H and O–H groups in total. The first-order chi connectivity index (χ1) is 13.2. The minimum Gasteiger partial charge on any atom is -0.444 e. The molecule has 2 aliphatic rings. The van der Waals surface area contributed by atoms with Crippen LogP contribution in [0, 0.1) is 0 Å². The average molecular weight is 392 g/mol. The van der Waals surface area contributed by atoms with Gasteiger partial charge in [-0.2, -0.15) is 0 Å². The Kier molecular flexibility index (Phi) is 5.92. The highest BCUT2D eigenvalue weighted by Crippen LogP contribution is 2.34. The van der Waals surface area contributed by atoms with E-state index in [1.807, 2.05) is 30.3 Å². The molecule has 0 spiro atoms. The molecule has 0 unspecified atom stereocenters. The van der Waals surface area contributed by atoms with Gasteiger partial charge < -0.3 is 24.6 Å². The van der Waals surface area contributed by atoms with Crippen molar-refractivity contribution in [2.45, 2.75) is 63.9 Å². The van der Waals surface area contributed by atoms with E-state index in [9.17, 15) is 14.7 Å². The van der Waals surface area contributed by atoms with E-state index in [4.69, 9.17) is 14.2 Å². The van der Waals surface area contributed by atoms with Gasteiger partial charge in [-0.05, 0) is 20.8 Å². The number of carbonyl (C=O) groups is 2. The predicted octanol–water partition coefficient (Wildman–Crippen LogP) is 1.59. The highest BCUT2D eigenvalue weighted by atomic mass is 16.7. The standard InChI is InChI=1S/C20H28N2O6/c1-12(23)21-14-10-22(19(25)28-20(2,3)4)15-11-26-18(27-17(15)16(14)24)13-8-6-5-7-9-13/h5-9,14-18,24H,10-11H2,1-4H3,(H,21,23)/t14-,15+,16+,17+,18-/m0/s1. The van der Waals surface area contributed by atoms with Crippen LogP contribution in [0.15, 0.2) is 30.3 Å². The number of fused-ring (bicyclic) bond motifs is 1. The summed E-state index contributed by atoms with van der Waals surface area (Å²) in [6.45, 7) is 7.02. The molecule has 8 heteroatoms. The van der Waals surface area contributed by atoms with Gasteiger partial charge >= 0.3 is 6.09 Å². The maximum atomic E-state index is 12.8. The van der Waals surface area contributed by atoms with Crippen molar-refractivity contribution >= 4 is 12.0 Å². The molecule has 2 heterocycles. The van der Waals surface area contributed by atoms with Crippen LogP contribution in [0.1, 0.15) is 39.5 Å². The van der Waals surface area contributed by atoms with Crippen LogP contribution in [0.25, 0.3) is 0 Å². The Hall–Kier alpha value is -2.16. The van der Waals surface area contributed by atoms with E-state index >= 15 is 0 Å². The maximum Gasteiger partial charge on any atom is 0.410 e. The molecule has 5 atom stereocenters. The Morgan fingerprint density at radius 3 is 2.54 bits per heavy atom. The Labute approximate surface area is 164 Å². The van der Waals surface area contributed by atoms with Crippen LogP contribution in [0.5, 0.6) is 0 Å². The normalized spacial score (nSPS) is 30.3. The van der Waals surface area contributed by atoms with Crippen molar-refractivity contribution in [2.75, 3.05) is 13.2 Å². The fourth-order valence-corrected chi connectivity index (χ4v) is 3.52. The molecule has 154 valence electrons. The largest absolute Gasteiger partial charge is 0.444 e. The molecular weight excluding hydrogens is 364 g/mol. The lowest BCUT2D eigenvalue weighted by atomic mass is 9.91. The summed E-state index contributed by atoms with van der Waals surface area (Å²) >= 11 is 0. The Morgan fingerprint density at radius 1 is 1.25 bits per heavy atom. The number of rotatable bonds is 2. The average Bonchev–Trinajstić information content (AvgIpc) is 2.62. The van der Waals surface area contributed by atoms with Crippen molar-refractivity contribution < 1.29 is 28.9 Å². The molecule has 28 heavy (non-hydrogen) atoms. The minimum atomic E-state index is -0.984. The lowest BCUT2D eigenvalue weighted by Crippen LogP contribution is -2.70. The van der Waals surface area contributed by atoms with Crippen LogP contribution in [-0.4, -0.2) is 65.1 Å². The topological polar surface area (TPSA) is 97.3 Å². The van der Waals surface area contributed by atoms with Gasteiger partial charge in [-0.25, -0.2) is 4.79 Å². The van der Waals surface area contributed by atoms with Gasteiger partial charge in [-0.3, -0.25) is 9.69 Å². The maximum absolute atomic E-state index is 12.8. The number of nitrogens with zero attached hydrogens (tertiary/aromatic N) is 1. The Morgan fingerprint density at radius 2 is 1.93 bits per heavy atom. The number of piperidine rings is 1. The molecule has 0 saturated carbocycles. The fraction of sp³-hybridized carbons (Fsp3) is 0.600. The highest BCUT2D eigenvalue weighted by Gasteiger charge is 2.50. The molecule has 2 amide bonds. The quantitative estimate of drug-likeness (QED) is 0.793. The van der Waals surface area contributed by atoms with Gasteiger partial charge in [0.05, 0.1) is 18.7 Å². The molecule has 2 fully saturated rings. The van der Waals surface area contributed by atoms with E-state index in [2.05, 4.69) is 5.32 Å². The third kappa shape index (κ3) is 4.63. The lowest BCUT2D eigenvalue weighted by Gasteiger charge is -2.50. The second kappa shape index (κ2) is 8.06. The van der Waals surface area contributed by atoms with Crippen molar-refractivity contribution in [1.82, 2.24) is 10.2 Å². The summed E-state index contributed by atoms with van der Waals surface area (Å²) < 4.78 is 17.4. The van der Waals surface area contributed by atoms with Gasteiger partial charge in [-0.1, -0.05) is 30.3 Å². The Bertz CT molecular complexity index is 704. The zero-order valence-electron chi connectivity index (χ0n) is 16.6. The van der Waals surface area contributed by atoms with Crippen molar-refractivity contribution in [1.29, 1.82) is 0 Å². The zero-order chi connectivity index (χ0) is 20.5. The predicted molar refractivity (Wildman–Crippen MR) is 100 cm³/mol. The van der Waals surface area contributed by atoms with E-state index in [1.54, 1.807) is 20.8 Å². The monoisotopic (exact) mass is 392 g/mol. The number of hydrogen-bond acceptors (Lipinski definition) is 6. The summed E-state index contributed by atoms with van der Waals surface area (Å²) in [7, 11) is 0. The summed E-state index contributed by atoms with van der Waals surface area (Å²) in [4.78, 5) is 25.8. The number of amides is 2. The number of hydrogen-bond donors (Lipinski definition) is 2. The van der Waals surface area contributed by atoms with Crippen LogP contribution < -0.4 is 5.32 Å². The number of aliphatic hydroxyl groups is 1. The van der Waals surface area contributed by atoms with E-state index in [0.29, 0.717) is 0 Å². The number of ether oxygens (including phenoxy) is 3. The molecule has 0 aliphatic carbocycles. The van der Waals surface area contributed by atoms with Gasteiger partial charge in [0.2, 0.25) is 5.91 Å². The summed E-state index contributed by atoms with van der Waals surface area (Å²) in [5.41, 5.74) is 0.147. The van der Waals surface area contributed by atoms with E-state index < -0.39 is 42.3 Å². The minimum absolute atomic E-state index is 0.111. The third-order valence-electron chi connectivity index (χ3n) is 4.71. The molecule has 0 radical (unpaired) electrons. The molecule has 3 rings (SSSR count). The lowest BCUT2D eigenvalue weighted by molar-refractivity contribution is -0.274. The van der Waals surface area contributed by atoms with Crippen molar-refractivity contribution in [3.8, 4) is 0 Å². The van der Waals surface area contributed by atoms with Crippen LogP contribution in [0.2, 0.25) is 0 Å². The first-order valence-corrected chi connectivity index (χ1v) is 9.42. The molecule has 1 aromatic rings. The number of likely N-dealkylation sites (tertiary alicyclic amines) is 1. The van der Waals surface area contributed by atoms with E-state index in [0.717, 1.165) is 5.56 Å². The first kappa shape index (κ1) is 20.6. The molecule has 2 saturated heterocycles. The molecule has 8 nitrogen and oxygen atoms in total. The van der Waals surface area contributed by atoms with Crippen molar-refractivity contribution in [2.24, 2.45) is 0 Å². The zero-order valence-corrected chi connectivity index (χ0v) is 16.6. The molecule has 2 aliphatic heterocycles. The van der Waals surface area contributed by atoms with Crippen LogP contribution >= 0.6 is 0 Å². The number of carbonyl (C=O) groups excluding carboxylic acids is 2. The second-order valence-electron chi connectivity index (χ2n) is 8.17. The first-order valence-electron chi connectivity index (χ1n) is 9.42. The summed E-state index contributed by atoms with van der Waals surface area (Å²) in [5, 5.41) is 13.5. The van der Waals surface area contributed by atoms with Crippen LogP contribution in [0.4, 0.5) is 4.79 Å². The van der Waals surface area contributed by atoms with E-state index in [1.165, 1.54) is 11.8 Å². The molecule has 0 bridgehead atoms. The van der Waals surface area contributed by atoms with Gasteiger partial charge in [0.15, 0.2) is 6.29 Å². The summed E-state index contributed by atoms with van der Waals surface area (Å²) in [6, 6.07) is 8.20. The van der Waals surface area contributed by atoms with Crippen LogP contribution in [-0.2, 0) is 19.0 Å². The second-order valence-corrected chi connectivity index (χ2v) is 8.17. The van der Waals surface area contributed by atoms with Crippen molar-refractivity contribution in [3.05, 3.63) is 35.9 Å². The van der Waals surface area contributed by atoms with Crippen LogP contribution in [0.3, 0.4) is 0 Å². The van der Waals surface area contributed by atoms with E-state index in [-0.39, 0.29) is 19.1 Å². The summed E-state index contributed by atoms with van der Waals surface area (Å²) in [5.74, 6) is -0.293. The van der Waals surface area contributed by atoms with Gasteiger partial charge in [0.25, 0.3) is 0 Å². The summed E-state index contributed by atoms with van der Waals surface area (Å²) in [6.07, 6.45) is -2.90. The SMILES string of the molecule is CC(=O)N[C@H]1CN(C(=O)OC(C)(C)C)[C@@H]2CO[C@H](c3ccccc3)O[C@H]2[C@@H]1O. The number of nitrogens with one attached hydrogen (secondary N) is 1. The highest BCUT2D eigenvalue weighted by molar-refractivity contribution is 5.74. The van der Waals surface area contributed by atoms with Gasteiger partial charge in [-0.15, -0.1) is 0 Å². The molecule has 0 aromatic heterocycles. The third-order valence-corrected chi connectivity index (χ3v) is 4.71. The molecular formula is C20H28N2O6. The Balaban J connectivity index is 1.83. The van der Waals surface area contributed by atoms with Gasteiger partial charge in [0.1, 0.15) is 17.8 Å². The number of benzene rings is 1. The fourth-order valence-electron chi connectivity index (χ4n) is 3.52. The smallest absolute Gasteiger partial charge is 0.410 e.